The van der Waals surface area contributed by atoms with Crippen LogP contribution in [0.5, 0.6) is 5.88 Å². The molecule has 0 aliphatic carbocycles. The molecule has 1 fully saturated rings. The highest BCUT2D eigenvalue weighted by Crippen LogP contribution is 2.42. The highest BCUT2D eigenvalue weighted by atomic mass is 35.5. The lowest BCUT2D eigenvalue weighted by atomic mass is 9.88. The maximum Gasteiger partial charge on any atom is 0.431 e. The quantitative estimate of drug-likeness (QED) is 0.403. The van der Waals surface area contributed by atoms with Crippen molar-refractivity contribution in [3.05, 3.63) is 76.9 Å². The maximum atomic E-state index is 14.1. The molecule has 34 heavy (non-hydrogen) atoms. The first-order valence-corrected chi connectivity index (χ1v) is 11.0. The summed E-state index contributed by atoms with van der Waals surface area (Å²) in [5.41, 5.74) is 0.115. The number of amides is 1. The minimum atomic E-state index is -4.66. The van der Waals surface area contributed by atoms with Crippen molar-refractivity contribution in [2.75, 3.05) is 26.8 Å². The zero-order valence-corrected chi connectivity index (χ0v) is 19.5. The molecule has 9 heteroatoms. The first-order valence-electron chi connectivity index (χ1n) is 10.7. The van der Waals surface area contributed by atoms with Gasteiger partial charge in [-0.3, -0.25) is 0 Å². The molecular weight excluding hydrogens is 469 g/mol. The van der Waals surface area contributed by atoms with E-state index in [1.807, 2.05) is 6.92 Å². The van der Waals surface area contributed by atoms with Crippen molar-refractivity contribution in [2.45, 2.75) is 19.6 Å². The number of aromatic nitrogens is 1. The predicted molar refractivity (Wildman–Crippen MR) is 123 cm³/mol. The molecule has 0 unspecified atom stereocenters. The molecule has 1 aliphatic rings. The highest BCUT2D eigenvalue weighted by Gasteiger charge is 2.39. The molecule has 0 N–H and O–H groups in total. The average Bonchev–Trinajstić information content (AvgIpc) is 3.12. The third kappa shape index (κ3) is 5.23. The van der Waals surface area contributed by atoms with Crippen molar-refractivity contribution in [3.8, 4) is 17.0 Å². The van der Waals surface area contributed by atoms with Gasteiger partial charge in [0.15, 0.2) is 0 Å². The average molecular weight is 493 g/mol. The smallest absolute Gasteiger partial charge is 0.392 e. The Bertz CT molecular complexity index is 1160. The summed E-state index contributed by atoms with van der Waals surface area (Å²) in [6, 6.07) is 16.1. The van der Waals surface area contributed by atoms with E-state index in [1.54, 1.807) is 61.6 Å². The number of nitrogens with zero attached hydrogens (tertiary/aromatic N) is 2. The fraction of sp³-hybridized carbons (Fsp3) is 0.320. The minimum absolute atomic E-state index is 0.124. The maximum absolute atomic E-state index is 14.1. The van der Waals surface area contributed by atoms with Gasteiger partial charge < -0.3 is 18.9 Å². The Hall–Kier alpha value is -2.97. The van der Waals surface area contributed by atoms with Crippen molar-refractivity contribution < 1.29 is 27.4 Å². The van der Waals surface area contributed by atoms with Gasteiger partial charge in [0.1, 0.15) is 5.69 Å². The van der Waals surface area contributed by atoms with Gasteiger partial charge in [-0.2, -0.15) is 13.2 Å². The van der Waals surface area contributed by atoms with Crippen LogP contribution in [0.2, 0.25) is 5.02 Å². The molecule has 4 rings (SSSR count). The van der Waals surface area contributed by atoms with E-state index in [1.165, 1.54) is 4.90 Å². The number of rotatable bonds is 6. The van der Waals surface area contributed by atoms with Crippen molar-refractivity contribution >= 4 is 17.7 Å². The number of hydrogen-bond donors (Lipinski definition) is 0. The SMILES string of the molecule is CN(CC1(C)COC1)C(=O)Oc1c(-c2ccc(Cl)cc2)cc(C(F)(F)F)n1Cc1ccccc1. The molecule has 1 aliphatic heterocycles. The predicted octanol–water partition coefficient (Wildman–Crippen LogP) is 6.34. The van der Waals surface area contributed by atoms with Gasteiger partial charge >= 0.3 is 12.3 Å². The topological polar surface area (TPSA) is 43.7 Å². The van der Waals surface area contributed by atoms with Gasteiger partial charge in [0.25, 0.3) is 0 Å². The van der Waals surface area contributed by atoms with Crippen LogP contribution < -0.4 is 4.74 Å². The molecular formula is C25H24ClF3N2O3. The number of ether oxygens (including phenoxy) is 2. The Labute approximate surface area is 200 Å². The van der Waals surface area contributed by atoms with E-state index in [0.717, 1.165) is 10.6 Å². The Morgan fingerprint density at radius 2 is 1.79 bits per heavy atom. The number of benzene rings is 2. The fourth-order valence-corrected chi connectivity index (χ4v) is 4.10. The number of carbonyl (C=O) groups is 1. The summed E-state index contributed by atoms with van der Waals surface area (Å²) < 4.78 is 54.2. The molecule has 0 radical (unpaired) electrons. The molecule has 5 nitrogen and oxygen atoms in total. The van der Waals surface area contributed by atoms with Crippen LogP contribution in [0.1, 0.15) is 18.2 Å². The fourth-order valence-electron chi connectivity index (χ4n) is 3.97. The molecule has 2 heterocycles. The molecule has 1 saturated heterocycles. The van der Waals surface area contributed by atoms with Gasteiger partial charge in [0, 0.05) is 29.6 Å². The second kappa shape index (κ2) is 9.35. The van der Waals surface area contributed by atoms with Crippen LogP contribution >= 0.6 is 11.6 Å². The summed E-state index contributed by atoms with van der Waals surface area (Å²) in [5, 5.41) is 0.442. The third-order valence-electron chi connectivity index (χ3n) is 5.69. The van der Waals surface area contributed by atoms with Crippen molar-refractivity contribution in [1.29, 1.82) is 0 Å². The van der Waals surface area contributed by atoms with Crippen molar-refractivity contribution in [3.63, 3.8) is 0 Å². The van der Waals surface area contributed by atoms with Crippen LogP contribution in [0, 0.1) is 5.41 Å². The lowest BCUT2D eigenvalue weighted by Gasteiger charge is -2.40. The minimum Gasteiger partial charge on any atom is -0.392 e. The van der Waals surface area contributed by atoms with Gasteiger partial charge in [-0.25, -0.2) is 4.79 Å². The molecule has 3 aromatic rings. The van der Waals surface area contributed by atoms with E-state index in [-0.39, 0.29) is 23.4 Å². The molecule has 1 aromatic heterocycles. The molecule has 180 valence electrons. The van der Waals surface area contributed by atoms with Crippen molar-refractivity contribution in [2.24, 2.45) is 5.41 Å². The molecule has 1 amide bonds. The van der Waals surface area contributed by atoms with Crippen LogP contribution in [0.15, 0.2) is 60.7 Å². The van der Waals surface area contributed by atoms with E-state index >= 15 is 0 Å². The summed E-state index contributed by atoms with van der Waals surface area (Å²) in [5.74, 6) is -0.176. The molecule has 0 bridgehead atoms. The summed E-state index contributed by atoms with van der Waals surface area (Å²) in [7, 11) is 1.56. The molecule has 2 aromatic carbocycles. The van der Waals surface area contributed by atoms with Crippen LogP contribution in [0.3, 0.4) is 0 Å². The van der Waals surface area contributed by atoms with E-state index in [0.29, 0.717) is 35.9 Å². The lowest BCUT2D eigenvalue weighted by molar-refractivity contribution is -0.143. The van der Waals surface area contributed by atoms with Gasteiger partial charge in [-0.15, -0.1) is 0 Å². The first kappa shape index (κ1) is 24.2. The number of carbonyl (C=O) groups excluding carboxylic acids is 1. The highest BCUT2D eigenvalue weighted by molar-refractivity contribution is 6.30. The van der Waals surface area contributed by atoms with Gasteiger partial charge in [-0.05, 0) is 29.3 Å². The van der Waals surface area contributed by atoms with Crippen LogP contribution in [0.25, 0.3) is 11.1 Å². The zero-order chi connectivity index (χ0) is 24.5. The largest absolute Gasteiger partial charge is 0.431 e. The summed E-state index contributed by atoms with van der Waals surface area (Å²) in [6.07, 6.45) is -5.41. The van der Waals surface area contributed by atoms with E-state index < -0.39 is 18.0 Å². The Kier molecular flexibility index (Phi) is 6.64. The number of halogens is 4. The molecule has 0 saturated carbocycles. The normalized spacial score (nSPS) is 15.0. The third-order valence-corrected chi connectivity index (χ3v) is 5.94. The molecule has 0 spiro atoms. The zero-order valence-electron chi connectivity index (χ0n) is 18.7. The second-order valence-corrected chi connectivity index (χ2v) is 9.29. The summed E-state index contributed by atoms with van der Waals surface area (Å²) >= 11 is 5.97. The van der Waals surface area contributed by atoms with Crippen LogP contribution in [0.4, 0.5) is 18.0 Å². The Balaban J connectivity index is 1.77. The standard InChI is InChI=1S/C25H24ClF3N2O3/c1-24(15-33-16-24)14-30(2)23(32)34-22-20(18-8-10-19(26)11-9-18)12-21(25(27,28)29)31(22)13-17-6-4-3-5-7-17/h3-12H,13-16H2,1-2H3. The van der Waals surface area contributed by atoms with Gasteiger partial charge in [0.2, 0.25) is 5.88 Å². The number of hydrogen-bond acceptors (Lipinski definition) is 3. The Morgan fingerprint density at radius 3 is 2.35 bits per heavy atom. The van der Waals surface area contributed by atoms with E-state index in [2.05, 4.69) is 0 Å². The molecule has 0 atom stereocenters. The van der Waals surface area contributed by atoms with E-state index in [4.69, 9.17) is 21.1 Å². The van der Waals surface area contributed by atoms with Crippen LogP contribution in [-0.4, -0.2) is 42.4 Å². The monoisotopic (exact) mass is 492 g/mol. The van der Waals surface area contributed by atoms with Gasteiger partial charge in [-0.1, -0.05) is 61.0 Å². The van der Waals surface area contributed by atoms with Crippen LogP contribution in [-0.2, 0) is 17.5 Å². The van der Waals surface area contributed by atoms with Gasteiger partial charge in [0.05, 0.1) is 19.8 Å². The summed E-state index contributed by atoms with van der Waals surface area (Å²) in [4.78, 5) is 14.3. The number of alkyl halides is 3. The lowest BCUT2D eigenvalue weighted by Crippen LogP contribution is -2.49. The Morgan fingerprint density at radius 1 is 1.15 bits per heavy atom. The van der Waals surface area contributed by atoms with Crippen molar-refractivity contribution in [1.82, 2.24) is 9.47 Å². The first-order chi connectivity index (χ1) is 16.1. The second-order valence-electron chi connectivity index (χ2n) is 8.85. The van der Waals surface area contributed by atoms with E-state index in [9.17, 15) is 18.0 Å². The summed E-state index contributed by atoms with van der Waals surface area (Å²) in [6.45, 7) is 3.21.